The number of hydrogen-bond acceptors (Lipinski definition) is 2. The molecule has 1 atom stereocenters. The van der Waals surface area contributed by atoms with E-state index in [2.05, 4.69) is 11.9 Å². The molecule has 1 rings (SSSR count). The molecule has 82 valence electrons. The van der Waals surface area contributed by atoms with E-state index in [4.69, 9.17) is 16.3 Å². The van der Waals surface area contributed by atoms with E-state index in [1.807, 2.05) is 37.4 Å². The molecule has 0 spiro atoms. The zero-order valence-electron chi connectivity index (χ0n) is 8.87. The summed E-state index contributed by atoms with van der Waals surface area (Å²) < 4.78 is 5.60. The largest absolute Gasteiger partial charge is 0.492 e. The van der Waals surface area contributed by atoms with Crippen molar-refractivity contribution in [3.05, 3.63) is 41.9 Å². The van der Waals surface area contributed by atoms with Gasteiger partial charge in [-0.3, -0.25) is 0 Å². The quantitative estimate of drug-likeness (QED) is 0.752. The van der Waals surface area contributed by atoms with Crippen LogP contribution in [0.4, 0.5) is 0 Å². The van der Waals surface area contributed by atoms with Crippen molar-refractivity contribution in [2.75, 3.05) is 13.7 Å². The summed E-state index contributed by atoms with van der Waals surface area (Å²) in [5.41, 5.74) is 0. The topological polar surface area (TPSA) is 21.3 Å². The van der Waals surface area contributed by atoms with Crippen molar-refractivity contribution in [1.29, 1.82) is 0 Å². The molecule has 0 radical (unpaired) electrons. The lowest BCUT2D eigenvalue weighted by Gasteiger charge is -2.15. The van der Waals surface area contributed by atoms with Crippen LogP contribution in [0.15, 0.2) is 36.9 Å². The van der Waals surface area contributed by atoms with E-state index in [0.29, 0.717) is 12.6 Å². The highest BCUT2D eigenvalue weighted by Gasteiger charge is 2.04. The van der Waals surface area contributed by atoms with Gasteiger partial charge in [-0.2, -0.15) is 0 Å². The fourth-order valence-electron chi connectivity index (χ4n) is 1.20. The maximum Gasteiger partial charge on any atom is 0.119 e. The molecule has 0 fully saturated rings. The predicted molar refractivity (Wildman–Crippen MR) is 64.6 cm³/mol. The van der Waals surface area contributed by atoms with Crippen LogP contribution in [0.2, 0.25) is 5.02 Å². The van der Waals surface area contributed by atoms with Crippen molar-refractivity contribution >= 4 is 11.6 Å². The van der Waals surface area contributed by atoms with Gasteiger partial charge < -0.3 is 10.1 Å². The van der Waals surface area contributed by atoms with Crippen LogP contribution in [0.3, 0.4) is 0 Å². The van der Waals surface area contributed by atoms with Crippen molar-refractivity contribution in [2.45, 2.75) is 12.5 Å². The predicted octanol–water partition coefficient (Wildman–Crippen LogP) is 2.88. The maximum atomic E-state index is 5.77. The van der Waals surface area contributed by atoms with Gasteiger partial charge in [-0.15, -0.1) is 6.58 Å². The first-order valence-corrected chi connectivity index (χ1v) is 5.30. The Hall–Kier alpha value is -0.990. The lowest BCUT2D eigenvalue weighted by atomic mass is 10.2. The fourth-order valence-corrected chi connectivity index (χ4v) is 1.32. The van der Waals surface area contributed by atoms with E-state index in [9.17, 15) is 0 Å². The second-order valence-corrected chi connectivity index (χ2v) is 3.71. The van der Waals surface area contributed by atoms with Gasteiger partial charge in [0.15, 0.2) is 0 Å². The first-order chi connectivity index (χ1) is 7.26. The highest BCUT2D eigenvalue weighted by Crippen LogP contribution is 2.15. The Bertz CT molecular complexity index is 297. The van der Waals surface area contributed by atoms with Gasteiger partial charge in [0.2, 0.25) is 0 Å². The minimum Gasteiger partial charge on any atom is -0.492 e. The Morgan fingerprint density at radius 1 is 1.47 bits per heavy atom. The van der Waals surface area contributed by atoms with Crippen LogP contribution in [0.1, 0.15) is 6.42 Å². The van der Waals surface area contributed by atoms with Crippen molar-refractivity contribution < 1.29 is 4.74 Å². The van der Waals surface area contributed by atoms with Crippen LogP contribution in [0, 0.1) is 0 Å². The fraction of sp³-hybridized carbons (Fsp3) is 0.333. The molecule has 0 aromatic heterocycles. The van der Waals surface area contributed by atoms with E-state index < -0.39 is 0 Å². The van der Waals surface area contributed by atoms with Crippen LogP contribution >= 0.6 is 11.6 Å². The molecule has 0 saturated heterocycles. The number of hydrogen-bond donors (Lipinski definition) is 1. The summed E-state index contributed by atoms with van der Waals surface area (Å²) in [5.74, 6) is 0.837. The standard InChI is InChI=1S/C12H16ClNO/c1-3-4-11(14-2)9-15-12-7-5-10(13)6-8-12/h3,5-8,11,14H,1,4,9H2,2H3. The van der Waals surface area contributed by atoms with Crippen molar-refractivity contribution in [2.24, 2.45) is 0 Å². The highest BCUT2D eigenvalue weighted by molar-refractivity contribution is 6.30. The van der Waals surface area contributed by atoms with Crippen molar-refractivity contribution in [3.63, 3.8) is 0 Å². The molecule has 0 aliphatic rings. The molecule has 15 heavy (non-hydrogen) atoms. The zero-order valence-corrected chi connectivity index (χ0v) is 9.63. The summed E-state index contributed by atoms with van der Waals surface area (Å²) in [6.07, 6.45) is 2.77. The van der Waals surface area contributed by atoms with E-state index >= 15 is 0 Å². The summed E-state index contributed by atoms with van der Waals surface area (Å²) in [6, 6.07) is 7.67. The summed E-state index contributed by atoms with van der Waals surface area (Å²) in [6.45, 7) is 4.33. The molecule has 1 N–H and O–H groups in total. The third-order valence-electron chi connectivity index (χ3n) is 2.12. The van der Waals surface area contributed by atoms with Gasteiger partial charge in [0.25, 0.3) is 0 Å². The van der Waals surface area contributed by atoms with Crippen molar-refractivity contribution in [1.82, 2.24) is 5.32 Å². The number of likely N-dealkylation sites (N-methyl/N-ethyl adjacent to an activating group) is 1. The van der Waals surface area contributed by atoms with Crippen LogP contribution in [-0.4, -0.2) is 19.7 Å². The molecule has 0 aliphatic heterocycles. The third-order valence-corrected chi connectivity index (χ3v) is 2.38. The number of rotatable bonds is 6. The normalized spacial score (nSPS) is 12.1. The van der Waals surface area contributed by atoms with Gasteiger partial charge in [-0.05, 0) is 37.7 Å². The monoisotopic (exact) mass is 225 g/mol. The van der Waals surface area contributed by atoms with Crippen LogP contribution in [0.5, 0.6) is 5.75 Å². The molecule has 2 nitrogen and oxygen atoms in total. The minimum atomic E-state index is 0.304. The Labute approximate surface area is 95.9 Å². The van der Waals surface area contributed by atoms with Gasteiger partial charge in [0.1, 0.15) is 12.4 Å². The van der Waals surface area contributed by atoms with E-state index in [-0.39, 0.29) is 0 Å². The van der Waals surface area contributed by atoms with Gasteiger partial charge in [0.05, 0.1) is 0 Å². The van der Waals surface area contributed by atoms with Crippen LogP contribution in [0.25, 0.3) is 0 Å². The molecular formula is C12H16ClNO. The van der Waals surface area contributed by atoms with Gasteiger partial charge in [-0.25, -0.2) is 0 Å². The van der Waals surface area contributed by atoms with E-state index in [1.165, 1.54) is 0 Å². The number of halogens is 1. The second-order valence-electron chi connectivity index (χ2n) is 3.27. The molecule has 3 heteroatoms. The maximum absolute atomic E-state index is 5.77. The zero-order chi connectivity index (χ0) is 11.1. The van der Waals surface area contributed by atoms with Gasteiger partial charge >= 0.3 is 0 Å². The summed E-state index contributed by atoms with van der Waals surface area (Å²) in [7, 11) is 1.92. The van der Waals surface area contributed by atoms with E-state index in [0.717, 1.165) is 17.2 Å². The SMILES string of the molecule is C=CCC(COc1ccc(Cl)cc1)NC. The second kappa shape index (κ2) is 6.49. The Morgan fingerprint density at radius 3 is 2.67 bits per heavy atom. The van der Waals surface area contributed by atoms with Crippen molar-refractivity contribution in [3.8, 4) is 5.75 Å². The first kappa shape index (κ1) is 12.1. The Kier molecular flexibility index (Phi) is 5.22. The molecule has 0 saturated carbocycles. The summed E-state index contributed by atoms with van der Waals surface area (Å²) in [5, 5.41) is 3.88. The van der Waals surface area contributed by atoms with Crippen LogP contribution < -0.4 is 10.1 Å². The Morgan fingerprint density at radius 2 is 2.13 bits per heavy atom. The molecule has 1 unspecified atom stereocenters. The number of ether oxygens (including phenoxy) is 1. The molecule has 1 aromatic rings. The Balaban J connectivity index is 2.41. The summed E-state index contributed by atoms with van der Waals surface area (Å²) in [4.78, 5) is 0. The van der Waals surface area contributed by atoms with Gasteiger partial charge in [-0.1, -0.05) is 17.7 Å². The number of nitrogens with one attached hydrogen (secondary N) is 1. The molecule has 0 heterocycles. The van der Waals surface area contributed by atoms with Gasteiger partial charge in [0, 0.05) is 11.1 Å². The molecular weight excluding hydrogens is 210 g/mol. The minimum absolute atomic E-state index is 0.304. The average molecular weight is 226 g/mol. The summed E-state index contributed by atoms with van der Waals surface area (Å²) >= 11 is 5.77. The molecule has 0 aliphatic carbocycles. The smallest absolute Gasteiger partial charge is 0.119 e. The lowest BCUT2D eigenvalue weighted by Crippen LogP contribution is -2.31. The third kappa shape index (κ3) is 4.36. The molecule has 1 aromatic carbocycles. The molecule has 0 amide bonds. The average Bonchev–Trinajstić information content (AvgIpc) is 2.26. The highest BCUT2D eigenvalue weighted by atomic mass is 35.5. The van der Waals surface area contributed by atoms with E-state index in [1.54, 1.807) is 0 Å². The lowest BCUT2D eigenvalue weighted by molar-refractivity contribution is 0.271. The first-order valence-electron chi connectivity index (χ1n) is 4.92. The molecule has 0 bridgehead atoms. The number of benzene rings is 1. The van der Waals surface area contributed by atoms with Crippen LogP contribution in [-0.2, 0) is 0 Å².